The summed E-state index contributed by atoms with van der Waals surface area (Å²) >= 11 is 0. The number of carbonyl (C=O) groups excluding carboxylic acids is 1. The number of fused-ring (bicyclic) bond motifs is 1. The van der Waals surface area contributed by atoms with E-state index in [9.17, 15) is 4.79 Å². The molecule has 0 aliphatic carbocycles. The van der Waals surface area contributed by atoms with Crippen LogP contribution in [0.25, 0.3) is 0 Å². The highest BCUT2D eigenvalue weighted by Crippen LogP contribution is 2.27. The fourth-order valence-electron chi connectivity index (χ4n) is 3.43. The van der Waals surface area contributed by atoms with Gasteiger partial charge in [-0.25, -0.2) is 4.98 Å². The first kappa shape index (κ1) is 15.2. The van der Waals surface area contributed by atoms with Gasteiger partial charge in [-0.3, -0.25) is 9.69 Å². The molecule has 0 N–H and O–H groups in total. The number of aryl methyl sites for hydroxylation is 1. The molecule has 1 unspecified atom stereocenters. The third-order valence-corrected chi connectivity index (χ3v) is 4.84. The minimum absolute atomic E-state index is 0.0160. The Labute approximate surface area is 141 Å². The normalized spacial score (nSPS) is 20.6. The van der Waals surface area contributed by atoms with E-state index < -0.39 is 0 Å². The van der Waals surface area contributed by atoms with Crippen molar-refractivity contribution >= 4 is 5.91 Å². The Morgan fingerprint density at radius 2 is 2.08 bits per heavy atom. The average Bonchev–Trinajstić information content (AvgIpc) is 3.30. The number of furan rings is 1. The van der Waals surface area contributed by atoms with Crippen LogP contribution in [-0.4, -0.2) is 44.9 Å². The van der Waals surface area contributed by atoms with Crippen LogP contribution < -0.4 is 0 Å². The molecular weight excluding hydrogens is 304 g/mol. The largest absolute Gasteiger partial charge is 0.465 e. The molecule has 6 heteroatoms. The lowest BCUT2D eigenvalue weighted by Crippen LogP contribution is -2.36. The van der Waals surface area contributed by atoms with Crippen LogP contribution in [0, 0.1) is 6.92 Å². The highest BCUT2D eigenvalue weighted by molar-refractivity contribution is 5.92. The van der Waals surface area contributed by atoms with Crippen molar-refractivity contribution in [2.24, 2.45) is 0 Å². The number of rotatable bonds is 3. The molecule has 1 amide bonds. The predicted octanol–water partition coefficient (Wildman–Crippen LogP) is 2.37. The van der Waals surface area contributed by atoms with Gasteiger partial charge in [0.15, 0.2) is 0 Å². The fraction of sp³-hybridized carbons (Fsp3) is 0.444. The molecule has 0 saturated heterocycles. The van der Waals surface area contributed by atoms with Crippen LogP contribution in [0.2, 0.25) is 0 Å². The Balaban J connectivity index is 1.52. The average molecular weight is 326 g/mol. The molecule has 0 bridgehead atoms. The molecule has 6 nitrogen and oxygen atoms in total. The first-order valence-corrected chi connectivity index (χ1v) is 8.42. The van der Waals surface area contributed by atoms with Crippen molar-refractivity contribution in [3.63, 3.8) is 0 Å². The lowest BCUT2D eigenvalue weighted by atomic mass is 10.2. The van der Waals surface area contributed by atoms with Gasteiger partial charge < -0.3 is 13.9 Å². The number of carbonyl (C=O) groups is 1. The summed E-state index contributed by atoms with van der Waals surface area (Å²) in [6.07, 6.45) is 5.94. The van der Waals surface area contributed by atoms with Crippen molar-refractivity contribution < 1.29 is 9.21 Å². The molecule has 4 rings (SSSR count). The third-order valence-electron chi connectivity index (χ3n) is 4.84. The summed E-state index contributed by atoms with van der Waals surface area (Å²) < 4.78 is 7.81. The first-order chi connectivity index (χ1) is 11.6. The van der Waals surface area contributed by atoms with Crippen molar-refractivity contribution in [1.82, 2.24) is 19.4 Å². The quantitative estimate of drug-likeness (QED) is 0.813. The van der Waals surface area contributed by atoms with E-state index in [-0.39, 0.29) is 11.9 Å². The van der Waals surface area contributed by atoms with E-state index in [2.05, 4.69) is 21.4 Å². The number of aromatic nitrogens is 2. The van der Waals surface area contributed by atoms with Gasteiger partial charge in [-0.2, -0.15) is 0 Å². The summed E-state index contributed by atoms with van der Waals surface area (Å²) in [5.41, 5.74) is 0.552. The number of hydrogen-bond donors (Lipinski definition) is 0. The third kappa shape index (κ3) is 2.67. The van der Waals surface area contributed by atoms with Crippen molar-refractivity contribution in [2.75, 3.05) is 19.6 Å². The molecule has 4 heterocycles. The second kappa shape index (κ2) is 5.94. The number of hydrogen-bond acceptors (Lipinski definition) is 4. The molecular formula is C18H22N4O2. The molecule has 126 valence electrons. The van der Waals surface area contributed by atoms with Crippen LogP contribution in [0.3, 0.4) is 0 Å². The predicted molar refractivity (Wildman–Crippen MR) is 89.5 cm³/mol. The molecule has 0 fully saturated rings. The zero-order chi connectivity index (χ0) is 16.7. The summed E-state index contributed by atoms with van der Waals surface area (Å²) in [7, 11) is 0. The topological polar surface area (TPSA) is 54.5 Å². The van der Waals surface area contributed by atoms with Crippen LogP contribution in [-0.2, 0) is 13.1 Å². The van der Waals surface area contributed by atoms with Gasteiger partial charge in [0.1, 0.15) is 23.0 Å². The maximum absolute atomic E-state index is 12.5. The number of nitrogens with zero attached hydrogens (tertiary/aromatic N) is 4. The van der Waals surface area contributed by atoms with Crippen LogP contribution in [0.5, 0.6) is 0 Å². The highest BCUT2D eigenvalue weighted by atomic mass is 16.3. The van der Waals surface area contributed by atoms with Gasteiger partial charge in [-0.15, -0.1) is 0 Å². The summed E-state index contributed by atoms with van der Waals surface area (Å²) in [4.78, 5) is 21.3. The molecule has 2 aromatic rings. The summed E-state index contributed by atoms with van der Waals surface area (Å²) in [6.45, 7) is 7.99. The minimum atomic E-state index is 0.0160. The monoisotopic (exact) mass is 326 g/mol. The highest BCUT2D eigenvalue weighted by Gasteiger charge is 2.29. The van der Waals surface area contributed by atoms with E-state index in [0.717, 1.165) is 37.0 Å². The van der Waals surface area contributed by atoms with E-state index in [4.69, 9.17) is 4.42 Å². The number of imidazole rings is 1. The Morgan fingerprint density at radius 1 is 1.29 bits per heavy atom. The van der Waals surface area contributed by atoms with E-state index >= 15 is 0 Å². The van der Waals surface area contributed by atoms with E-state index in [1.165, 1.54) is 0 Å². The van der Waals surface area contributed by atoms with Gasteiger partial charge in [0.05, 0.1) is 12.6 Å². The lowest BCUT2D eigenvalue weighted by Gasteiger charge is -2.32. The Bertz CT molecular complexity index is 781. The van der Waals surface area contributed by atoms with E-state index in [1.54, 1.807) is 0 Å². The van der Waals surface area contributed by atoms with Crippen LogP contribution >= 0.6 is 0 Å². The molecule has 0 radical (unpaired) electrons. The van der Waals surface area contributed by atoms with Crippen LogP contribution in [0.15, 0.2) is 34.9 Å². The van der Waals surface area contributed by atoms with Gasteiger partial charge in [-0.05, 0) is 26.0 Å². The Hall–Kier alpha value is -2.34. The van der Waals surface area contributed by atoms with Gasteiger partial charge in [-0.1, -0.05) is 12.2 Å². The Morgan fingerprint density at radius 3 is 2.79 bits per heavy atom. The fourth-order valence-corrected chi connectivity index (χ4v) is 3.43. The van der Waals surface area contributed by atoms with Gasteiger partial charge in [0, 0.05) is 32.4 Å². The molecule has 2 aliphatic rings. The van der Waals surface area contributed by atoms with Gasteiger partial charge >= 0.3 is 0 Å². The molecule has 0 saturated carbocycles. The molecule has 0 aromatic carbocycles. The second-order valence-electron chi connectivity index (χ2n) is 6.52. The summed E-state index contributed by atoms with van der Waals surface area (Å²) in [5.74, 6) is 2.88. The van der Waals surface area contributed by atoms with E-state index in [1.807, 2.05) is 42.3 Å². The van der Waals surface area contributed by atoms with Crippen LogP contribution in [0.4, 0.5) is 0 Å². The summed E-state index contributed by atoms with van der Waals surface area (Å²) in [6, 6.07) is 4.17. The second-order valence-corrected chi connectivity index (χ2v) is 6.52. The Kier molecular flexibility index (Phi) is 3.76. The SMILES string of the molecule is Cc1ccc(CN2CCn3cc(C(=O)N4CC=CC4)nc3C2C)o1. The van der Waals surface area contributed by atoms with Crippen molar-refractivity contribution in [1.29, 1.82) is 0 Å². The van der Waals surface area contributed by atoms with Gasteiger partial charge in [0.25, 0.3) is 5.91 Å². The van der Waals surface area contributed by atoms with Crippen molar-refractivity contribution in [3.05, 3.63) is 53.5 Å². The lowest BCUT2D eigenvalue weighted by molar-refractivity contribution is 0.0794. The maximum atomic E-state index is 12.5. The van der Waals surface area contributed by atoms with Crippen LogP contribution in [0.1, 0.15) is 40.8 Å². The molecule has 2 aromatic heterocycles. The number of amides is 1. The smallest absolute Gasteiger partial charge is 0.274 e. The van der Waals surface area contributed by atoms with Gasteiger partial charge in [0.2, 0.25) is 0 Å². The minimum Gasteiger partial charge on any atom is -0.465 e. The van der Waals surface area contributed by atoms with Crippen molar-refractivity contribution in [2.45, 2.75) is 33.0 Å². The standard InChI is InChI=1S/C18H22N4O2/c1-13-5-6-15(24-13)11-21-9-10-22-12-16(19-17(22)14(21)2)18(23)20-7-3-4-8-20/h3-6,12,14H,7-11H2,1-2H3. The summed E-state index contributed by atoms with van der Waals surface area (Å²) in [5, 5.41) is 0. The maximum Gasteiger partial charge on any atom is 0.274 e. The molecule has 24 heavy (non-hydrogen) atoms. The van der Waals surface area contributed by atoms with Crippen molar-refractivity contribution in [3.8, 4) is 0 Å². The first-order valence-electron chi connectivity index (χ1n) is 8.42. The molecule has 0 spiro atoms. The zero-order valence-corrected chi connectivity index (χ0v) is 14.1. The van der Waals surface area contributed by atoms with E-state index in [0.29, 0.717) is 18.8 Å². The zero-order valence-electron chi connectivity index (χ0n) is 14.1. The molecule has 1 atom stereocenters. The molecule has 2 aliphatic heterocycles.